The normalized spacial score (nSPS) is 14.1. The smallest absolute Gasteiger partial charge is 0.228 e. The van der Waals surface area contributed by atoms with E-state index in [9.17, 15) is 9.59 Å². The zero-order valence-corrected chi connectivity index (χ0v) is 16.0. The molecule has 27 heavy (non-hydrogen) atoms. The van der Waals surface area contributed by atoms with Gasteiger partial charge in [-0.05, 0) is 46.7 Å². The highest BCUT2D eigenvalue weighted by Gasteiger charge is 2.17. The SMILES string of the molecule is Cl.O=C(CCCc1ccc2c(c1)CC(=O)N2)NCc1ccc2c(c1)CNC2. The third-order valence-corrected chi connectivity index (χ3v) is 5.06. The van der Waals surface area contributed by atoms with Crippen molar-refractivity contribution in [3.05, 3.63) is 64.2 Å². The quantitative estimate of drug-likeness (QED) is 0.716. The van der Waals surface area contributed by atoms with Crippen molar-refractivity contribution in [1.82, 2.24) is 10.6 Å². The van der Waals surface area contributed by atoms with E-state index in [-0.39, 0.29) is 24.2 Å². The van der Waals surface area contributed by atoms with Crippen molar-refractivity contribution in [3.8, 4) is 0 Å². The molecule has 2 amide bonds. The summed E-state index contributed by atoms with van der Waals surface area (Å²) >= 11 is 0. The van der Waals surface area contributed by atoms with Gasteiger partial charge in [0.15, 0.2) is 0 Å². The highest BCUT2D eigenvalue weighted by Crippen LogP contribution is 2.24. The van der Waals surface area contributed by atoms with Crippen molar-refractivity contribution >= 4 is 29.9 Å². The van der Waals surface area contributed by atoms with E-state index in [0.29, 0.717) is 19.4 Å². The molecule has 0 spiro atoms. The van der Waals surface area contributed by atoms with Crippen LogP contribution in [-0.4, -0.2) is 11.8 Å². The Morgan fingerprint density at radius 1 is 1.00 bits per heavy atom. The van der Waals surface area contributed by atoms with Crippen molar-refractivity contribution in [2.45, 2.75) is 45.3 Å². The number of fused-ring (bicyclic) bond motifs is 2. The molecule has 0 bridgehead atoms. The monoisotopic (exact) mass is 385 g/mol. The van der Waals surface area contributed by atoms with Gasteiger partial charge in [-0.15, -0.1) is 12.4 Å². The van der Waals surface area contributed by atoms with E-state index in [0.717, 1.165) is 42.7 Å². The van der Waals surface area contributed by atoms with Gasteiger partial charge in [0.05, 0.1) is 6.42 Å². The van der Waals surface area contributed by atoms with Crippen LogP contribution in [0.25, 0.3) is 0 Å². The lowest BCUT2D eigenvalue weighted by molar-refractivity contribution is -0.121. The molecule has 6 heteroatoms. The van der Waals surface area contributed by atoms with E-state index >= 15 is 0 Å². The molecular weight excluding hydrogens is 362 g/mol. The van der Waals surface area contributed by atoms with Gasteiger partial charge in [0.1, 0.15) is 0 Å². The van der Waals surface area contributed by atoms with Crippen molar-refractivity contribution in [2.24, 2.45) is 0 Å². The predicted molar refractivity (Wildman–Crippen MR) is 108 cm³/mol. The largest absolute Gasteiger partial charge is 0.352 e. The number of amides is 2. The Morgan fingerprint density at radius 3 is 2.67 bits per heavy atom. The maximum Gasteiger partial charge on any atom is 0.228 e. The van der Waals surface area contributed by atoms with Gasteiger partial charge < -0.3 is 16.0 Å². The number of aryl methyl sites for hydroxylation is 1. The Labute approximate surface area is 165 Å². The number of hydrogen-bond acceptors (Lipinski definition) is 3. The molecule has 2 heterocycles. The fraction of sp³-hybridized carbons (Fsp3) is 0.333. The summed E-state index contributed by atoms with van der Waals surface area (Å²) in [6.45, 7) is 2.44. The summed E-state index contributed by atoms with van der Waals surface area (Å²) in [5, 5.41) is 9.18. The van der Waals surface area contributed by atoms with Crippen LogP contribution in [0.5, 0.6) is 0 Å². The summed E-state index contributed by atoms with van der Waals surface area (Å²) in [5.41, 5.74) is 6.99. The van der Waals surface area contributed by atoms with E-state index < -0.39 is 0 Å². The average Bonchev–Trinajstić information content (AvgIpc) is 3.24. The van der Waals surface area contributed by atoms with Crippen LogP contribution in [0.2, 0.25) is 0 Å². The van der Waals surface area contributed by atoms with E-state index in [4.69, 9.17) is 0 Å². The van der Waals surface area contributed by atoms with Crippen LogP contribution in [0.3, 0.4) is 0 Å². The molecule has 0 radical (unpaired) electrons. The van der Waals surface area contributed by atoms with E-state index in [1.54, 1.807) is 0 Å². The van der Waals surface area contributed by atoms with Gasteiger partial charge in [-0.1, -0.05) is 30.3 Å². The van der Waals surface area contributed by atoms with Crippen LogP contribution in [0.4, 0.5) is 5.69 Å². The molecular formula is C21H24ClN3O2. The molecule has 4 rings (SSSR count). The molecule has 2 aromatic carbocycles. The van der Waals surface area contributed by atoms with E-state index in [1.165, 1.54) is 16.7 Å². The first-order chi connectivity index (χ1) is 12.7. The molecule has 2 aliphatic heterocycles. The zero-order chi connectivity index (χ0) is 17.9. The van der Waals surface area contributed by atoms with E-state index in [2.05, 4.69) is 40.2 Å². The number of hydrogen-bond donors (Lipinski definition) is 3. The maximum absolute atomic E-state index is 12.1. The van der Waals surface area contributed by atoms with Crippen molar-refractivity contribution in [3.63, 3.8) is 0 Å². The molecule has 0 aliphatic carbocycles. The zero-order valence-electron chi connectivity index (χ0n) is 15.1. The Morgan fingerprint density at radius 2 is 1.78 bits per heavy atom. The number of benzene rings is 2. The summed E-state index contributed by atoms with van der Waals surface area (Å²) in [7, 11) is 0. The molecule has 0 unspecified atom stereocenters. The number of rotatable bonds is 6. The Balaban J connectivity index is 0.00000210. The van der Waals surface area contributed by atoms with Gasteiger partial charge in [-0.25, -0.2) is 0 Å². The number of carbonyl (C=O) groups excluding carboxylic acids is 2. The molecule has 0 saturated carbocycles. The second-order valence-electron chi connectivity index (χ2n) is 7.05. The van der Waals surface area contributed by atoms with Gasteiger partial charge >= 0.3 is 0 Å². The first-order valence-electron chi connectivity index (χ1n) is 9.17. The fourth-order valence-electron chi connectivity index (χ4n) is 3.64. The topological polar surface area (TPSA) is 70.2 Å². The third kappa shape index (κ3) is 4.67. The molecule has 0 fully saturated rings. The van der Waals surface area contributed by atoms with Gasteiger partial charge in [0, 0.05) is 31.7 Å². The number of anilines is 1. The highest BCUT2D eigenvalue weighted by molar-refractivity contribution is 5.99. The lowest BCUT2D eigenvalue weighted by Gasteiger charge is -2.08. The first-order valence-corrected chi connectivity index (χ1v) is 9.17. The lowest BCUT2D eigenvalue weighted by Crippen LogP contribution is -2.22. The van der Waals surface area contributed by atoms with Crippen LogP contribution in [0.1, 0.15) is 40.7 Å². The summed E-state index contributed by atoms with van der Waals surface area (Å²) < 4.78 is 0. The number of halogens is 1. The Hall–Kier alpha value is -2.37. The molecule has 142 valence electrons. The summed E-state index contributed by atoms with van der Waals surface area (Å²) in [6.07, 6.45) is 2.63. The predicted octanol–water partition coefficient (Wildman–Crippen LogP) is 2.85. The Kier molecular flexibility index (Phi) is 6.14. The summed E-state index contributed by atoms with van der Waals surface area (Å²) in [4.78, 5) is 23.5. The molecule has 0 saturated heterocycles. The standard InChI is InChI=1S/C21H23N3O2.ClH/c25-20(23-11-15-4-6-16-12-22-13-18(16)9-15)3-1-2-14-5-7-19-17(8-14)10-21(26)24-19;/h4-9,22H,1-3,10-13H2,(H,23,25)(H,24,26);1H. The van der Waals surface area contributed by atoms with Crippen LogP contribution in [0, 0.1) is 0 Å². The second kappa shape index (κ2) is 8.55. The van der Waals surface area contributed by atoms with Crippen LogP contribution in [-0.2, 0) is 42.1 Å². The molecule has 5 nitrogen and oxygen atoms in total. The van der Waals surface area contributed by atoms with Crippen LogP contribution in [0.15, 0.2) is 36.4 Å². The lowest BCUT2D eigenvalue weighted by atomic mass is 10.0. The Bertz CT molecular complexity index is 867. The van der Waals surface area contributed by atoms with Crippen LogP contribution >= 0.6 is 12.4 Å². The number of carbonyl (C=O) groups is 2. The van der Waals surface area contributed by atoms with Gasteiger partial charge in [0.25, 0.3) is 0 Å². The second-order valence-corrected chi connectivity index (χ2v) is 7.05. The van der Waals surface area contributed by atoms with Gasteiger partial charge in [-0.2, -0.15) is 0 Å². The third-order valence-electron chi connectivity index (χ3n) is 5.06. The van der Waals surface area contributed by atoms with Crippen molar-refractivity contribution in [2.75, 3.05) is 5.32 Å². The molecule has 2 aliphatic rings. The summed E-state index contributed by atoms with van der Waals surface area (Å²) in [5.74, 6) is 0.139. The first kappa shape index (κ1) is 19.4. The maximum atomic E-state index is 12.1. The van der Waals surface area contributed by atoms with Crippen LogP contribution < -0.4 is 16.0 Å². The fourth-order valence-corrected chi connectivity index (χ4v) is 3.64. The highest BCUT2D eigenvalue weighted by atomic mass is 35.5. The van der Waals surface area contributed by atoms with Crippen molar-refractivity contribution < 1.29 is 9.59 Å². The van der Waals surface area contributed by atoms with Gasteiger partial charge in [-0.3, -0.25) is 9.59 Å². The minimum Gasteiger partial charge on any atom is -0.352 e. The number of nitrogens with one attached hydrogen (secondary N) is 3. The molecule has 3 N–H and O–H groups in total. The molecule has 0 atom stereocenters. The minimum atomic E-state index is 0. The molecule has 0 aromatic heterocycles. The molecule has 2 aromatic rings. The van der Waals surface area contributed by atoms with E-state index in [1.807, 2.05) is 12.1 Å². The summed E-state index contributed by atoms with van der Waals surface area (Å²) in [6, 6.07) is 12.5. The van der Waals surface area contributed by atoms with Crippen molar-refractivity contribution in [1.29, 1.82) is 0 Å². The van der Waals surface area contributed by atoms with Gasteiger partial charge in [0.2, 0.25) is 11.8 Å². The average molecular weight is 386 g/mol. The minimum absolute atomic E-state index is 0.